The number of carbonyl (C=O) groups is 2. The average Bonchev–Trinajstić information content (AvgIpc) is 3.09. The summed E-state index contributed by atoms with van der Waals surface area (Å²) in [6.45, 7) is 3.06. The molecule has 0 radical (unpaired) electrons. The third-order valence-electron chi connectivity index (χ3n) is 5.01. The zero-order valence-corrected chi connectivity index (χ0v) is 15.9. The molecule has 142 valence electrons. The number of ether oxygens (including phenoxy) is 1. The van der Waals surface area contributed by atoms with Crippen molar-refractivity contribution in [3.63, 3.8) is 0 Å². The predicted octanol–water partition coefficient (Wildman–Crippen LogP) is 2.97. The number of aryl methyl sites for hydroxylation is 1. The molecule has 5 heteroatoms. The summed E-state index contributed by atoms with van der Waals surface area (Å²) >= 11 is 0. The lowest BCUT2D eigenvalue weighted by atomic mass is 10.1. The van der Waals surface area contributed by atoms with Gasteiger partial charge in [-0.15, -0.1) is 0 Å². The molecule has 5 nitrogen and oxygen atoms in total. The molecule has 1 atom stereocenters. The van der Waals surface area contributed by atoms with E-state index in [1.165, 1.54) is 0 Å². The van der Waals surface area contributed by atoms with Gasteiger partial charge in [0.25, 0.3) is 0 Å². The largest absolute Gasteiger partial charge is 0.497 e. The summed E-state index contributed by atoms with van der Waals surface area (Å²) in [6.07, 6.45) is 1.85. The van der Waals surface area contributed by atoms with Crippen LogP contribution < -0.4 is 15.0 Å². The van der Waals surface area contributed by atoms with Crippen LogP contribution in [0.15, 0.2) is 48.5 Å². The number of nitrogens with zero attached hydrogens (tertiary/aromatic N) is 1. The van der Waals surface area contributed by atoms with E-state index in [1.807, 2.05) is 48.5 Å². The highest BCUT2D eigenvalue weighted by molar-refractivity contribution is 6.00. The van der Waals surface area contributed by atoms with E-state index in [4.69, 9.17) is 4.74 Å². The van der Waals surface area contributed by atoms with Crippen molar-refractivity contribution in [2.24, 2.45) is 5.92 Å². The second kappa shape index (κ2) is 8.71. The maximum atomic E-state index is 12.5. The molecule has 3 rings (SSSR count). The molecule has 0 bridgehead atoms. The number of anilines is 1. The molecule has 1 aliphatic rings. The number of hydrogen-bond donors (Lipinski definition) is 1. The van der Waals surface area contributed by atoms with E-state index in [1.54, 1.807) is 12.0 Å². The Morgan fingerprint density at radius 3 is 2.81 bits per heavy atom. The quantitative estimate of drug-likeness (QED) is 0.820. The highest BCUT2D eigenvalue weighted by Crippen LogP contribution is 2.28. The van der Waals surface area contributed by atoms with E-state index in [9.17, 15) is 9.59 Å². The number of benzene rings is 2. The van der Waals surface area contributed by atoms with Crippen LogP contribution in [0.2, 0.25) is 0 Å². The van der Waals surface area contributed by atoms with Crippen molar-refractivity contribution in [2.45, 2.75) is 26.2 Å². The molecule has 2 aromatic carbocycles. The molecule has 1 heterocycles. The molecule has 1 unspecified atom stereocenters. The molecular weight excluding hydrogens is 340 g/mol. The van der Waals surface area contributed by atoms with Gasteiger partial charge in [-0.2, -0.15) is 0 Å². The van der Waals surface area contributed by atoms with Crippen LogP contribution in [0, 0.1) is 5.92 Å². The minimum atomic E-state index is -0.298. The fourth-order valence-corrected chi connectivity index (χ4v) is 3.49. The van der Waals surface area contributed by atoms with Crippen molar-refractivity contribution < 1.29 is 14.3 Å². The predicted molar refractivity (Wildman–Crippen MR) is 106 cm³/mol. The van der Waals surface area contributed by atoms with E-state index in [0.29, 0.717) is 13.1 Å². The Labute approximate surface area is 160 Å². The van der Waals surface area contributed by atoms with Gasteiger partial charge in [-0.25, -0.2) is 0 Å². The first-order valence-electron chi connectivity index (χ1n) is 9.41. The normalized spacial score (nSPS) is 16.4. The van der Waals surface area contributed by atoms with Gasteiger partial charge in [0.15, 0.2) is 0 Å². The van der Waals surface area contributed by atoms with Gasteiger partial charge in [-0.05, 0) is 42.2 Å². The van der Waals surface area contributed by atoms with Crippen LogP contribution in [0.3, 0.4) is 0 Å². The van der Waals surface area contributed by atoms with Crippen LogP contribution in [0.1, 0.15) is 24.5 Å². The van der Waals surface area contributed by atoms with Crippen LogP contribution in [-0.2, 0) is 22.4 Å². The third kappa shape index (κ3) is 4.48. The lowest BCUT2D eigenvalue weighted by Crippen LogP contribution is -2.34. The van der Waals surface area contributed by atoms with Crippen molar-refractivity contribution in [3.05, 3.63) is 59.7 Å². The van der Waals surface area contributed by atoms with Gasteiger partial charge in [-0.1, -0.05) is 37.3 Å². The van der Waals surface area contributed by atoms with Crippen LogP contribution in [-0.4, -0.2) is 32.0 Å². The summed E-state index contributed by atoms with van der Waals surface area (Å²) in [5.74, 6) is 0.477. The van der Waals surface area contributed by atoms with Crippen molar-refractivity contribution >= 4 is 17.5 Å². The summed E-state index contributed by atoms with van der Waals surface area (Å²) in [5, 5.41) is 2.97. The Balaban J connectivity index is 1.56. The van der Waals surface area contributed by atoms with Gasteiger partial charge in [0.05, 0.1) is 13.0 Å². The fraction of sp³-hybridized carbons (Fsp3) is 0.364. The maximum absolute atomic E-state index is 12.5. The molecule has 1 N–H and O–H groups in total. The monoisotopic (exact) mass is 366 g/mol. The highest BCUT2D eigenvalue weighted by atomic mass is 16.5. The van der Waals surface area contributed by atoms with Gasteiger partial charge in [-0.3, -0.25) is 9.59 Å². The molecule has 0 spiro atoms. The molecule has 1 saturated heterocycles. The Bertz CT molecular complexity index is 819. The van der Waals surface area contributed by atoms with Crippen LogP contribution in [0.4, 0.5) is 5.69 Å². The van der Waals surface area contributed by atoms with Gasteiger partial charge in [0.2, 0.25) is 11.8 Å². The van der Waals surface area contributed by atoms with Crippen LogP contribution >= 0.6 is 0 Å². The SMILES string of the molecule is CCc1ccccc1N1CC(C(=O)NCCc2cccc(OC)c2)CC1=O. The van der Waals surface area contributed by atoms with Crippen LogP contribution in [0.5, 0.6) is 5.75 Å². The zero-order chi connectivity index (χ0) is 19.2. The molecule has 1 fully saturated rings. The fourth-order valence-electron chi connectivity index (χ4n) is 3.49. The van der Waals surface area contributed by atoms with Gasteiger partial charge in [0, 0.05) is 25.2 Å². The van der Waals surface area contributed by atoms with Crippen molar-refractivity contribution in [3.8, 4) is 5.75 Å². The van der Waals surface area contributed by atoms with E-state index in [-0.39, 0.29) is 24.2 Å². The lowest BCUT2D eigenvalue weighted by molar-refractivity contribution is -0.126. The molecule has 0 aliphatic carbocycles. The molecule has 0 aromatic heterocycles. The highest BCUT2D eigenvalue weighted by Gasteiger charge is 2.35. The molecular formula is C22H26N2O3. The summed E-state index contributed by atoms with van der Waals surface area (Å²) in [4.78, 5) is 26.7. The van der Waals surface area contributed by atoms with Crippen molar-refractivity contribution in [1.82, 2.24) is 5.32 Å². The van der Waals surface area contributed by atoms with Crippen molar-refractivity contribution in [1.29, 1.82) is 0 Å². The van der Waals surface area contributed by atoms with Gasteiger partial charge < -0.3 is 15.0 Å². The van der Waals surface area contributed by atoms with Crippen molar-refractivity contribution in [2.75, 3.05) is 25.1 Å². The second-order valence-electron chi connectivity index (χ2n) is 6.78. The summed E-state index contributed by atoms with van der Waals surface area (Å²) in [7, 11) is 1.64. The van der Waals surface area contributed by atoms with Crippen LogP contribution in [0.25, 0.3) is 0 Å². The van der Waals surface area contributed by atoms with E-state index >= 15 is 0 Å². The standard InChI is InChI=1S/C22H26N2O3/c1-3-17-8-4-5-10-20(17)24-15-18(14-21(24)25)22(26)23-12-11-16-7-6-9-19(13-16)27-2/h4-10,13,18H,3,11-12,14-15H2,1-2H3,(H,23,26). The lowest BCUT2D eigenvalue weighted by Gasteiger charge is -2.20. The smallest absolute Gasteiger partial charge is 0.227 e. The molecule has 27 heavy (non-hydrogen) atoms. The molecule has 1 aliphatic heterocycles. The first kappa shape index (κ1) is 19.0. The summed E-state index contributed by atoms with van der Waals surface area (Å²) in [6, 6.07) is 15.7. The number of nitrogens with one attached hydrogen (secondary N) is 1. The number of para-hydroxylation sites is 1. The maximum Gasteiger partial charge on any atom is 0.227 e. The molecule has 0 saturated carbocycles. The number of rotatable bonds is 7. The number of amides is 2. The number of carbonyl (C=O) groups excluding carboxylic acids is 2. The van der Waals surface area contributed by atoms with E-state index < -0.39 is 0 Å². The third-order valence-corrected chi connectivity index (χ3v) is 5.01. The Kier molecular flexibility index (Phi) is 6.12. The zero-order valence-electron chi connectivity index (χ0n) is 15.9. The number of hydrogen-bond acceptors (Lipinski definition) is 3. The topological polar surface area (TPSA) is 58.6 Å². The van der Waals surface area contributed by atoms with E-state index in [0.717, 1.165) is 35.4 Å². The summed E-state index contributed by atoms with van der Waals surface area (Å²) < 4.78 is 5.22. The Morgan fingerprint density at radius 2 is 2.04 bits per heavy atom. The molecule has 2 amide bonds. The Hall–Kier alpha value is -2.82. The Morgan fingerprint density at radius 1 is 1.22 bits per heavy atom. The average molecular weight is 366 g/mol. The second-order valence-corrected chi connectivity index (χ2v) is 6.78. The van der Waals surface area contributed by atoms with Gasteiger partial charge in [0.1, 0.15) is 5.75 Å². The minimum Gasteiger partial charge on any atom is -0.497 e. The van der Waals surface area contributed by atoms with Gasteiger partial charge >= 0.3 is 0 Å². The first-order chi connectivity index (χ1) is 13.1. The molecule has 2 aromatic rings. The first-order valence-corrected chi connectivity index (χ1v) is 9.41. The summed E-state index contributed by atoms with van der Waals surface area (Å²) in [5.41, 5.74) is 3.16. The minimum absolute atomic E-state index is 0.0174. The van der Waals surface area contributed by atoms with E-state index in [2.05, 4.69) is 12.2 Å². The number of methoxy groups -OCH3 is 1.